The molecule has 1 heterocycles. The van der Waals surface area contributed by atoms with Crippen molar-refractivity contribution in [3.63, 3.8) is 0 Å². The van der Waals surface area contributed by atoms with Gasteiger partial charge in [-0.25, -0.2) is 0 Å². The number of rotatable bonds is 4. The van der Waals surface area contributed by atoms with E-state index in [1.54, 1.807) is 18.2 Å². The molecular formula is C18H17BrClNO2. The van der Waals surface area contributed by atoms with E-state index in [2.05, 4.69) is 28.1 Å². The molecule has 0 aliphatic carbocycles. The van der Waals surface area contributed by atoms with E-state index in [1.165, 1.54) is 5.56 Å². The molecule has 2 aromatic rings. The second-order valence-corrected chi connectivity index (χ2v) is 6.81. The second-order valence-electron chi connectivity index (χ2n) is 5.52. The van der Waals surface area contributed by atoms with Gasteiger partial charge in [-0.1, -0.05) is 41.9 Å². The Morgan fingerprint density at radius 2 is 2.04 bits per heavy atom. The van der Waals surface area contributed by atoms with Crippen molar-refractivity contribution in [3.8, 4) is 5.75 Å². The van der Waals surface area contributed by atoms with Gasteiger partial charge in [0.25, 0.3) is 5.91 Å². The summed E-state index contributed by atoms with van der Waals surface area (Å²) in [5, 5.41) is 0.624. The van der Waals surface area contributed by atoms with Crippen LogP contribution in [-0.4, -0.2) is 24.0 Å². The van der Waals surface area contributed by atoms with Crippen LogP contribution in [-0.2, 0) is 4.79 Å². The lowest BCUT2D eigenvalue weighted by Gasteiger charge is -2.25. The first kappa shape index (κ1) is 16.3. The van der Waals surface area contributed by atoms with Crippen molar-refractivity contribution >= 4 is 33.4 Å². The van der Waals surface area contributed by atoms with Gasteiger partial charge in [0.05, 0.1) is 10.5 Å². The van der Waals surface area contributed by atoms with Gasteiger partial charge in [-0.05, 0) is 52.5 Å². The standard InChI is InChI=1S/C18H17BrClNO2/c19-15-11-14(20)8-9-17(15)23-12-18(22)21-10-4-7-16(21)13-5-2-1-3-6-13/h1-3,5-6,8-9,11,16H,4,7,10,12H2. The number of ether oxygens (including phenoxy) is 1. The van der Waals surface area contributed by atoms with Crippen LogP contribution in [0.5, 0.6) is 5.75 Å². The van der Waals surface area contributed by atoms with Crippen LogP contribution in [0.15, 0.2) is 53.0 Å². The number of hydrogen-bond donors (Lipinski definition) is 0. The molecule has 1 aliphatic heterocycles. The monoisotopic (exact) mass is 393 g/mol. The Morgan fingerprint density at radius 3 is 2.78 bits per heavy atom. The van der Waals surface area contributed by atoms with E-state index in [0.717, 1.165) is 23.9 Å². The van der Waals surface area contributed by atoms with E-state index < -0.39 is 0 Å². The maximum atomic E-state index is 12.5. The van der Waals surface area contributed by atoms with Gasteiger partial charge >= 0.3 is 0 Å². The first-order valence-corrected chi connectivity index (χ1v) is 8.74. The Morgan fingerprint density at radius 1 is 1.26 bits per heavy atom. The minimum atomic E-state index is 0.0122. The highest BCUT2D eigenvalue weighted by atomic mass is 79.9. The van der Waals surface area contributed by atoms with Crippen molar-refractivity contribution in [1.82, 2.24) is 4.90 Å². The minimum Gasteiger partial charge on any atom is -0.483 e. The van der Waals surface area contributed by atoms with Gasteiger partial charge in [0.1, 0.15) is 5.75 Å². The third-order valence-electron chi connectivity index (χ3n) is 4.00. The van der Waals surface area contributed by atoms with Gasteiger partial charge in [0.2, 0.25) is 0 Å². The third kappa shape index (κ3) is 3.88. The lowest BCUT2D eigenvalue weighted by Crippen LogP contribution is -2.34. The quantitative estimate of drug-likeness (QED) is 0.742. The van der Waals surface area contributed by atoms with Crippen LogP contribution in [0.4, 0.5) is 0 Å². The molecule has 0 bridgehead atoms. The van der Waals surface area contributed by atoms with E-state index in [-0.39, 0.29) is 18.6 Å². The fraction of sp³-hybridized carbons (Fsp3) is 0.278. The maximum Gasteiger partial charge on any atom is 0.261 e. The number of benzene rings is 2. The van der Waals surface area contributed by atoms with E-state index in [4.69, 9.17) is 16.3 Å². The maximum absolute atomic E-state index is 12.5. The summed E-state index contributed by atoms with van der Waals surface area (Å²) in [6.45, 7) is 0.813. The van der Waals surface area contributed by atoms with Crippen LogP contribution in [0.3, 0.4) is 0 Å². The van der Waals surface area contributed by atoms with Gasteiger partial charge in [-0.3, -0.25) is 4.79 Å². The molecule has 1 atom stereocenters. The number of hydrogen-bond acceptors (Lipinski definition) is 2. The fourth-order valence-electron chi connectivity index (χ4n) is 2.90. The second kappa shape index (κ2) is 7.37. The Labute approximate surface area is 149 Å². The Balaban J connectivity index is 1.65. The van der Waals surface area contributed by atoms with Gasteiger partial charge < -0.3 is 9.64 Å². The molecule has 0 radical (unpaired) electrons. The summed E-state index contributed by atoms with van der Waals surface area (Å²) < 4.78 is 6.40. The van der Waals surface area contributed by atoms with Crippen molar-refractivity contribution in [3.05, 3.63) is 63.6 Å². The zero-order valence-electron chi connectivity index (χ0n) is 12.5. The number of carbonyl (C=O) groups excluding carboxylic acids is 1. The number of carbonyl (C=O) groups is 1. The van der Waals surface area contributed by atoms with Crippen LogP contribution in [0, 0.1) is 0 Å². The summed E-state index contributed by atoms with van der Waals surface area (Å²) in [6, 6.07) is 15.6. The molecule has 120 valence electrons. The molecule has 1 aliphatic rings. The van der Waals surface area contributed by atoms with E-state index in [9.17, 15) is 4.79 Å². The number of halogens is 2. The summed E-state index contributed by atoms with van der Waals surface area (Å²) in [7, 11) is 0. The average molecular weight is 395 g/mol. The zero-order valence-corrected chi connectivity index (χ0v) is 14.9. The van der Waals surface area contributed by atoms with Gasteiger partial charge in [0.15, 0.2) is 6.61 Å². The average Bonchev–Trinajstić information content (AvgIpc) is 3.04. The Hall–Kier alpha value is -1.52. The highest BCUT2D eigenvalue weighted by molar-refractivity contribution is 9.10. The summed E-state index contributed by atoms with van der Waals surface area (Å²) >= 11 is 9.30. The normalized spacial score (nSPS) is 17.3. The number of nitrogens with zero attached hydrogens (tertiary/aromatic N) is 1. The van der Waals surface area contributed by atoms with Gasteiger partial charge in [-0.15, -0.1) is 0 Å². The molecule has 5 heteroatoms. The molecule has 1 amide bonds. The van der Waals surface area contributed by atoms with Crippen LogP contribution >= 0.6 is 27.5 Å². The summed E-state index contributed by atoms with van der Waals surface area (Å²) in [6.07, 6.45) is 2.02. The topological polar surface area (TPSA) is 29.5 Å². The van der Waals surface area contributed by atoms with Crippen LogP contribution < -0.4 is 4.74 Å². The van der Waals surface area contributed by atoms with Crippen molar-refractivity contribution in [1.29, 1.82) is 0 Å². The summed E-state index contributed by atoms with van der Waals surface area (Å²) in [4.78, 5) is 14.5. The molecule has 3 nitrogen and oxygen atoms in total. The van der Waals surface area contributed by atoms with Crippen LogP contribution in [0.25, 0.3) is 0 Å². The third-order valence-corrected chi connectivity index (χ3v) is 4.86. The molecule has 0 saturated carbocycles. The SMILES string of the molecule is O=C(COc1ccc(Cl)cc1Br)N1CCCC1c1ccccc1. The molecule has 0 spiro atoms. The van der Waals surface area contributed by atoms with Crippen molar-refractivity contribution in [2.75, 3.05) is 13.2 Å². The summed E-state index contributed by atoms with van der Waals surface area (Å²) in [5.74, 6) is 0.636. The molecule has 1 saturated heterocycles. The predicted molar refractivity (Wildman–Crippen MR) is 94.8 cm³/mol. The van der Waals surface area contributed by atoms with E-state index >= 15 is 0 Å². The molecule has 1 unspecified atom stereocenters. The van der Waals surface area contributed by atoms with Crippen LogP contribution in [0.2, 0.25) is 5.02 Å². The van der Waals surface area contributed by atoms with E-state index in [0.29, 0.717) is 10.8 Å². The highest BCUT2D eigenvalue weighted by Crippen LogP contribution is 2.32. The lowest BCUT2D eigenvalue weighted by atomic mass is 10.0. The Kier molecular flexibility index (Phi) is 5.23. The smallest absolute Gasteiger partial charge is 0.261 e. The van der Waals surface area contributed by atoms with Gasteiger partial charge in [0, 0.05) is 11.6 Å². The highest BCUT2D eigenvalue weighted by Gasteiger charge is 2.29. The fourth-order valence-corrected chi connectivity index (χ4v) is 3.70. The molecular weight excluding hydrogens is 378 g/mol. The first-order valence-electron chi connectivity index (χ1n) is 7.57. The largest absolute Gasteiger partial charge is 0.483 e. The molecule has 0 N–H and O–H groups in total. The number of likely N-dealkylation sites (tertiary alicyclic amines) is 1. The van der Waals surface area contributed by atoms with Crippen molar-refractivity contribution < 1.29 is 9.53 Å². The lowest BCUT2D eigenvalue weighted by molar-refractivity contribution is -0.134. The molecule has 1 fully saturated rings. The molecule has 2 aromatic carbocycles. The van der Waals surface area contributed by atoms with Crippen LogP contribution in [0.1, 0.15) is 24.4 Å². The van der Waals surface area contributed by atoms with Crippen molar-refractivity contribution in [2.45, 2.75) is 18.9 Å². The Bertz CT molecular complexity index is 693. The van der Waals surface area contributed by atoms with E-state index in [1.807, 2.05) is 23.1 Å². The molecule has 3 rings (SSSR count). The zero-order chi connectivity index (χ0) is 16.2. The minimum absolute atomic E-state index is 0.0122. The summed E-state index contributed by atoms with van der Waals surface area (Å²) in [5.41, 5.74) is 1.19. The molecule has 0 aromatic heterocycles. The van der Waals surface area contributed by atoms with Crippen molar-refractivity contribution in [2.24, 2.45) is 0 Å². The number of amides is 1. The predicted octanol–water partition coefficient (Wildman–Crippen LogP) is 4.85. The van der Waals surface area contributed by atoms with Gasteiger partial charge in [-0.2, -0.15) is 0 Å². The molecule has 23 heavy (non-hydrogen) atoms. The first-order chi connectivity index (χ1) is 11.1.